The van der Waals surface area contributed by atoms with Crippen LogP contribution in [-0.2, 0) is 0 Å². The fourth-order valence-corrected chi connectivity index (χ4v) is 0.906. The predicted octanol–water partition coefficient (Wildman–Crippen LogP) is 2.09. The van der Waals surface area contributed by atoms with Gasteiger partial charge >= 0.3 is 0 Å². The van der Waals surface area contributed by atoms with Crippen molar-refractivity contribution in [2.75, 3.05) is 12.4 Å². The fourth-order valence-electron chi connectivity index (χ4n) is 0.758. The van der Waals surface area contributed by atoms with E-state index in [1.807, 2.05) is 20.0 Å². The van der Waals surface area contributed by atoms with Crippen LogP contribution in [-0.4, -0.2) is 12.0 Å². The number of nitrogens with one attached hydrogen (secondary N) is 1. The quantitative estimate of drug-likeness (QED) is 0.630. The van der Waals surface area contributed by atoms with Gasteiger partial charge in [0.15, 0.2) is 0 Å². The highest BCUT2D eigenvalue weighted by Gasteiger charge is 1.96. The molecule has 0 aliphatic carbocycles. The van der Waals surface area contributed by atoms with Gasteiger partial charge in [0.05, 0.1) is 0 Å². The highest BCUT2D eigenvalue weighted by atomic mass is 35.5. The monoisotopic (exact) mass is 156 g/mol. The third-order valence-corrected chi connectivity index (χ3v) is 1.51. The first-order chi connectivity index (χ1) is 4.74. The van der Waals surface area contributed by atoms with Crippen molar-refractivity contribution >= 4 is 17.4 Å². The minimum absolute atomic E-state index is 0.523. The zero-order valence-electron chi connectivity index (χ0n) is 5.98. The third-order valence-electron chi connectivity index (χ3n) is 1.30. The molecule has 2 nitrogen and oxygen atoms in total. The lowest BCUT2D eigenvalue weighted by Gasteiger charge is -2.02. The molecule has 1 aromatic heterocycles. The van der Waals surface area contributed by atoms with Crippen molar-refractivity contribution in [1.82, 2.24) is 4.98 Å². The van der Waals surface area contributed by atoms with Crippen molar-refractivity contribution in [1.29, 1.82) is 0 Å². The molecule has 0 unspecified atom stereocenters. The lowest BCUT2D eigenvalue weighted by Crippen LogP contribution is -1.94. The molecule has 0 radical (unpaired) electrons. The molecule has 0 aliphatic heterocycles. The maximum Gasteiger partial charge on any atom is 0.131 e. The Morgan fingerprint density at radius 1 is 1.50 bits per heavy atom. The first-order valence-corrected chi connectivity index (χ1v) is 3.42. The minimum Gasteiger partial charge on any atom is -0.373 e. The number of nitrogens with zero attached hydrogens (tertiary/aromatic N) is 1. The van der Waals surface area contributed by atoms with Crippen LogP contribution in [0.1, 0.15) is 5.56 Å². The van der Waals surface area contributed by atoms with E-state index in [-0.39, 0.29) is 0 Å². The van der Waals surface area contributed by atoms with Crippen molar-refractivity contribution in [2.24, 2.45) is 0 Å². The number of hydrogen-bond donors (Lipinski definition) is 1. The average Bonchev–Trinajstić information content (AvgIpc) is 1.94. The summed E-state index contributed by atoms with van der Waals surface area (Å²) >= 11 is 5.64. The molecule has 0 aromatic carbocycles. The summed E-state index contributed by atoms with van der Waals surface area (Å²) in [5.41, 5.74) is 1.10. The maximum absolute atomic E-state index is 5.64. The maximum atomic E-state index is 5.64. The molecule has 0 saturated carbocycles. The number of hydrogen-bond acceptors (Lipinski definition) is 2. The third kappa shape index (κ3) is 1.39. The van der Waals surface area contributed by atoms with Crippen LogP contribution in [0.4, 0.5) is 5.82 Å². The second kappa shape index (κ2) is 2.88. The zero-order chi connectivity index (χ0) is 7.56. The van der Waals surface area contributed by atoms with Gasteiger partial charge in [0.25, 0.3) is 0 Å². The van der Waals surface area contributed by atoms with Gasteiger partial charge in [-0.05, 0) is 18.6 Å². The van der Waals surface area contributed by atoms with Gasteiger partial charge in [0.1, 0.15) is 11.0 Å². The van der Waals surface area contributed by atoms with Gasteiger partial charge in [-0.2, -0.15) is 0 Å². The van der Waals surface area contributed by atoms with E-state index in [1.165, 1.54) is 0 Å². The molecule has 1 heterocycles. The Balaban J connectivity index is 3.09. The van der Waals surface area contributed by atoms with Gasteiger partial charge in [-0.15, -0.1) is 0 Å². The fraction of sp³-hybridized carbons (Fsp3) is 0.286. The van der Waals surface area contributed by atoms with Gasteiger partial charge in [0, 0.05) is 7.05 Å². The van der Waals surface area contributed by atoms with Crippen LogP contribution in [0.25, 0.3) is 0 Å². The summed E-state index contributed by atoms with van der Waals surface area (Å²) in [4.78, 5) is 4.05. The molecule has 0 aliphatic rings. The lowest BCUT2D eigenvalue weighted by molar-refractivity contribution is 1.24. The van der Waals surface area contributed by atoms with E-state index in [4.69, 9.17) is 11.6 Å². The molecule has 0 saturated heterocycles. The van der Waals surface area contributed by atoms with Gasteiger partial charge in [0.2, 0.25) is 0 Å². The van der Waals surface area contributed by atoms with Crippen LogP contribution in [0.2, 0.25) is 5.15 Å². The molecule has 3 heteroatoms. The van der Waals surface area contributed by atoms with Gasteiger partial charge in [-0.1, -0.05) is 17.7 Å². The van der Waals surface area contributed by atoms with E-state index in [0.29, 0.717) is 5.15 Å². The first kappa shape index (κ1) is 7.35. The Morgan fingerprint density at radius 3 is 2.70 bits per heavy atom. The molecule has 0 spiro atoms. The second-order valence-corrected chi connectivity index (χ2v) is 2.44. The average molecular weight is 157 g/mol. The van der Waals surface area contributed by atoms with Crippen molar-refractivity contribution in [3.8, 4) is 0 Å². The summed E-state index contributed by atoms with van der Waals surface area (Å²) in [7, 11) is 1.83. The number of aryl methyl sites for hydroxylation is 1. The molecular formula is C7H9ClN2. The minimum atomic E-state index is 0.523. The molecule has 1 aromatic rings. The Morgan fingerprint density at radius 2 is 2.20 bits per heavy atom. The van der Waals surface area contributed by atoms with E-state index in [9.17, 15) is 0 Å². The predicted molar refractivity (Wildman–Crippen MR) is 43.5 cm³/mol. The molecule has 0 amide bonds. The molecular weight excluding hydrogens is 148 g/mol. The van der Waals surface area contributed by atoms with E-state index < -0.39 is 0 Å². The normalized spacial score (nSPS) is 9.50. The molecule has 0 fully saturated rings. The van der Waals surface area contributed by atoms with Crippen LogP contribution < -0.4 is 5.32 Å². The van der Waals surface area contributed by atoms with Crippen LogP contribution in [0, 0.1) is 6.92 Å². The van der Waals surface area contributed by atoms with Gasteiger partial charge in [-0.3, -0.25) is 0 Å². The molecule has 0 atom stereocenters. The van der Waals surface area contributed by atoms with E-state index in [0.717, 1.165) is 11.4 Å². The molecule has 10 heavy (non-hydrogen) atoms. The summed E-state index contributed by atoms with van der Waals surface area (Å²) in [6.45, 7) is 1.98. The van der Waals surface area contributed by atoms with Crippen molar-refractivity contribution in [3.63, 3.8) is 0 Å². The lowest BCUT2D eigenvalue weighted by atomic mass is 10.3. The van der Waals surface area contributed by atoms with Gasteiger partial charge in [-0.25, -0.2) is 4.98 Å². The summed E-state index contributed by atoms with van der Waals surface area (Å²) in [5.74, 6) is 0.840. The molecule has 1 N–H and O–H groups in total. The summed E-state index contributed by atoms with van der Waals surface area (Å²) < 4.78 is 0. The van der Waals surface area contributed by atoms with E-state index >= 15 is 0 Å². The number of pyridine rings is 1. The number of anilines is 1. The summed E-state index contributed by atoms with van der Waals surface area (Å²) in [5, 5.41) is 3.46. The molecule has 1 rings (SSSR count). The highest BCUT2D eigenvalue weighted by Crippen LogP contribution is 2.13. The summed E-state index contributed by atoms with van der Waals surface area (Å²) in [6, 6.07) is 3.71. The van der Waals surface area contributed by atoms with Crippen LogP contribution in [0.15, 0.2) is 12.1 Å². The van der Waals surface area contributed by atoms with Crippen molar-refractivity contribution < 1.29 is 0 Å². The number of aromatic nitrogens is 1. The number of rotatable bonds is 1. The Labute approximate surface area is 65.2 Å². The summed E-state index contributed by atoms with van der Waals surface area (Å²) in [6.07, 6.45) is 0. The Hall–Kier alpha value is -0.760. The Bertz CT molecular complexity index is 235. The van der Waals surface area contributed by atoms with Crippen LogP contribution in [0.5, 0.6) is 0 Å². The smallest absolute Gasteiger partial charge is 0.131 e. The molecule has 54 valence electrons. The molecule has 0 bridgehead atoms. The highest BCUT2D eigenvalue weighted by molar-refractivity contribution is 6.29. The number of halogens is 1. The van der Waals surface area contributed by atoms with E-state index in [2.05, 4.69) is 10.3 Å². The van der Waals surface area contributed by atoms with Gasteiger partial charge < -0.3 is 5.32 Å². The zero-order valence-corrected chi connectivity index (χ0v) is 6.74. The van der Waals surface area contributed by atoms with Crippen molar-refractivity contribution in [2.45, 2.75) is 6.92 Å². The van der Waals surface area contributed by atoms with Crippen LogP contribution >= 0.6 is 11.6 Å². The largest absolute Gasteiger partial charge is 0.373 e. The van der Waals surface area contributed by atoms with Crippen LogP contribution in [0.3, 0.4) is 0 Å². The second-order valence-electron chi connectivity index (χ2n) is 2.05. The topological polar surface area (TPSA) is 24.9 Å². The Kier molecular flexibility index (Phi) is 2.12. The SMILES string of the molecule is CNc1nc(Cl)ccc1C. The van der Waals surface area contributed by atoms with Crippen molar-refractivity contribution in [3.05, 3.63) is 22.8 Å². The standard InChI is InChI=1S/C7H9ClN2/c1-5-3-4-6(8)10-7(5)9-2/h3-4H,1-2H3,(H,9,10). The first-order valence-electron chi connectivity index (χ1n) is 3.05. The van der Waals surface area contributed by atoms with E-state index in [1.54, 1.807) is 6.07 Å².